The van der Waals surface area contributed by atoms with Crippen LogP contribution in [0.15, 0.2) is 30.3 Å². The Labute approximate surface area is 127 Å². The summed E-state index contributed by atoms with van der Waals surface area (Å²) >= 11 is 0. The average Bonchev–Trinajstić information content (AvgIpc) is 2.53. The molecule has 1 heterocycles. The lowest BCUT2D eigenvalue weighted by molar-refractivity contribution is -0.122. The van der Waals surface area contributed by atoms with Crippen molar-refractivity contribution in [2.24, 2.45) is 5.73 Å². The first-order valence-corrected chi connectivity index (χ1v) is 7.66. The van der Waals surface area contributed by atoms with Crippen molar-refractivity contribution in [1.29, 1.82) is 0 Å². The molecular weight excluding hydrogens is 264 g/mol. The second kappa shape index (κ2) is 8.12. The van der Waals surface area contributed by atoms with Crippen LogP contribution in [-0.2, 0) is 4.79 Å². The molecule has 0 aromatic heterocycles. The summed E-state index contributed by atoms with van der Waals surface area (Å²) in [5, 5.41) is 2.93. The Balaban J connectivity index is 1.63. The molecule has 1 aromatic rings. The number of benzene rings is 1. The maximum Gasteiger partial charge on any atom is 0.241 e. The Morgan fingerprint density at radius 2 is 1.90 bits per heavy atom. The molecule has 1 aromatic carbocycles. The lowest BCUT2D eigenvalue weighted by atomic mass is 10.1. The van der Waals surface area contributed by atoms with Gasteiger partial charge in [0.1, 0.15) is 6.04 Å². The molecule has 1 amide bonds. The van der Waals surface area contributed by atoms with E-state index in [1.165, 1.54) is 0 Å². The molecule has 1 fully saturated rings. The molecule has 1 aliphatic rings. The Morgan fingerprint density at radius 1 is 1.24 bits per heavy atom. The normalized spacial score (nSPS) is 18.4. The zero-order chi connectivity index (χ0) is 15.1. The van der Waals surface area contributed by atoms with Gasteiger partial charge in [0.05, 0.1) is 0 Å². The van der Waals surface area contributed by atoms with E-state index in [9.17, 15) is 4.79 Å². The molecule has 1 atom stereocenters. The minimum atomic E-state index is -0.574. The fraction of sp³-hybridized carbons (Fsp3) is 0.562. The quantitative estimate of drug-likeness (QED) is 0.746. The molecule has 3 N–H and O–H groups in total. The molecule has 5 heteroatoms. The van der Waals surface area contributed by atoms with Crippen LogP contribution in [0.5, 0.6) is 0 Å². The van der Waals surface area contributed by atoms with Crippen LogP contribution >= 0.6 is 0 Å². The number of rotatable bonds is 6. The second-order valence-corrected chi connectivity index (χ2v) is 5.68. The Morgan fingerprint density at radius 3 is 2.57 bits per heavy atom. The van der Waals surface area contributed by atoms with Gasteiger partial charge in [-0.3, -0.25) is 4.79 Å². The van der Waals surface area contributed by atoms with Gasteiger partial charge in [0.25, 0.3) is 0 Å². The summed E-state index contributed by atoms with van der Waals surface area (Å²) in [6.45, 7) is 6.22. The van der Waals surface area contributed by atoms with Crippen LogP contribution in [0.3, 0.4) is 0 Å². The number of carbonyl (C=O) groups is 1. The predicted octanol–water partition coefficient (Wildman–Crippen LogP) is 0.440. The van der Waals surface area contributed by atoms with Crippen molar-refractivity contribution in [3.63, 3.8) is 0 Å². The number of hydrogen-bond donors (Lipinski definition) is 2. The van der Waals surface area contributed by atoms with Gasteiger partial charge in [-0.25, -0.2) is 0 Å². The molecule has 0 unspecified atom stereocenters. The molecule has 0 saturated carbocycles. The van der Waals surface area contributed by atoms with Crippen LogP contribution in [0.1, 0.15) is 18.0 Å². The van der Waals surface area contributed by atoms with Crippen molar-refractivity contribution >= 4 is 5.91 Å². The van der Waals surface area contributed by atoms with Crippen LogP contribution < -0.4 is 11.1 Å². The van der Waals surface area contributed by atoms with Gasteiger partial charge in [-0.2, -0.15) is 0 Å². The average molecular weight is 290 g/mol. The van der Waals surface area contributed by atoms with Gasteiger partial charge in [0.15, 0.2) is 0 Å². The topological polar surface area (TPSA) is 61.6 Å². The van der Waals surface area contributed by atoms with Gasteiger partial charge < -0.3 is 20.9 Å². The van der Waals surface area contributed by atoms with Crippen molar-refractivity contribution in [2.75, 3.05) is 46.3 Å². The highest BCUT2D eigenvalue weighted by Crippen LogP contribution is 2.09. The molecule has 1 aliphatic heterocycles. The summed E-state index contributed by atoms with van der Waals surface area (Å²) in [6.07, 6.45) is 0.969. The van der Waals surface area contributed by atoms with E-state index in [0.29, 0.717) is 6.54 Å². The molecule has 0 spiro atoms. The fourth-order valence-electron chi connectivity index (χ4n) is 2.51. The summed E-state index contributed by atoms with van der Waals surface area (Å²) in [7, 11) is 2.16. The zero-order valence-electron chi connectivity index (χ0n) is 12.8. The number of piperazine rings is 1. The number of nitrogens with zero attached hydrogens (tertiary/aromatic N) is 2. The third-order valence-electron chi connectivity index (χ3n) is 3.99. The summed E-state index contributed by atoms with van der Waals surface area (Å²) in [5.41, 5.74) is 6.81. The van der Waals surface area contributed by atoms with E-state index in [2.05, 4.69) is 22.2 Å². The van der Waals surface area contributed by atoms with Crippen molar-refractivity contribution in [3.05, 3.63) is 35.9 Å². The second-order valence-electron chi connectivity index (χ2n) is 5.68. The van der Waals surface area contributed by atoms with E-state index in [0.717, 1.165) is 44.7 Å². The van der Waals surface area contributed by atoms with E-state index in [1.54, 1.807) is 0 Å². The van der Waals surface area contributed by atoms with E-state index in [-0.39, 0.29) is 5.91 Å². The highest BCUT2D eigenvalue weighted by molar-refractivity contribution is 5.82. The zero-order valence-corrected chi connectivity index (χ0v) is 12.8. The highest BCUT2D eigenvalue weighted by Gasteiger charge is 2.15. The molecule has 0 aliphatic carbocycles. The summed E-state index contributed by atoms with van der Waals surface area (Å²) in [5.74, 6) is -0.0976. The first kappa shape index (κ1) is 15.9. The van der Waals surface area contributed by atoms with Gasteiger partial charge in [-0.15, -0.1) is 0 Å². The Kier molecular flexibility index (Phi) is 6.17. The van der Waals surface area contributed by atoms with E-state index in [4.69, 9.17) is 5.73 Å². The van der Waals surface area contributed by atoms with Gasteiger partial charge in [-0.1, -0.05) is 30.3 Å². The third-order valence-corrected chi connectivity index (χ3v) is 3.99. The van der Waals surface area contributed by atoms with Crippen LogP contribution in [0.2, 0.25) is 0 Å². The SMILES string of the molecule is CN1CCN(CCCNC(=O)[C@@H](N)c2ccccc2)CC1. The lowest BCUT2D eigenvalue weighted by Gasteiger charge is -2.32. The Bertz CT molecular complexity index is 429. The van der Waals surface area contributed by atoms with Crippen LogP contribution in [0.25, 0.3) is 0 Å². The van der Waals surface area contributed by atoms with Crippen LogP contribution in [-0.4, -0.2) is 62.0 Å². The molecule has 21 heavy (non-hydrogen) atoms. The predicted molar refractivity (Wildman–Crippen MR) is 84.9 cm³/mol. The van der Waals surface area contributed by atoms with Gasteiger partial charge >= 0.3 is 0 Å². The van der Waals surface area contributed by atoms with Gasteiger partial charge in [-0.05, 0) is 25.6 Å². The molecule has 116 valence electrons. The van der Waals surface area contributed by atoms with E-state index >= 15 is 0 Å². The largest absolute Gasteiger partial charge is 0.354 e. The number of nitrogens with two attached hydrogens (primary N) is 1. The first-order valence-electron chi connectivity index (χ1n) is 7.66. The summed E-state index contributed by atoms with van der Waals surface area (Å²) in [4.78, 5) is 16.8. The molecule has 2 rings (SSSR count). The minimum Gasteiger partial charge on any atom is -0.354 e. The molecular formula is C16H26N4O. The molecule has 5 nitrogen and oxygen atoms in total. The number of likely N-dealkylation sites (N-methyl/N-ethyl adjacent to an activating group) is 1. The van der Waals surface area contributed by atoms with Gasteiger partial charge in [0, 0.05) is 32.7 Å². The monoisotopic (exact) mass is 290 g/mol. The Hall–Kier alpha value is -1.43. The van der Waals surface area contributed by atoms with E-state index in [1.807, 2.05) is 30.3 Å². The van der Waals surface area contributed by atoms with Crippen molar-refractivity contribution in [2.45, 2.75) is 12.5 Å². The number of nitrogens with one attached hydrogen (secondary N) is 1. The van der Waals surface area contributed by atoms with Crippen molar-refractivity contribution < 1.29 is 4.79 Å². The number of amides is 1. The van der Waals surface area contributed by atoms with Crippen molar-refractivity contribution in [1.82, 2.24) is 15.1 Å². The molecule has 0 radical (unpaired) electrons. The molecule has 1 saturated heterocycles. The highest BCUT2D eigenvalue weighted by atomic mass is 16.2. The van der Waals surface area contributed by atoms with Crippen LogP contribution in [0, 0.1) is 0 Å². The smallest absolute Gasteiger partial charge is 0.241 e. The molecule has 0 bridgehead atoms. The van der Waals surface area contributed by atoms with Crippen LogP contribution in [0.4, 0.5) is 0 Å². The summed E-state index contributed by atoms with van der Waals surface area (Å²) < 4.78 is 0. The maximum absolute atomic E-state index is 12.0. The van der Waals surface area contributed by atoms with E-state index < -0.39 is 6.04 Å². The fourth-order valence-corrected chi connectivity index (χ4v) is 2.51. The first-order chi connectivity index (χ1) is 10.2. The number of hydrogen-bond acceptors (Lipinski definition) is 4. The standard InChI is InChI=1S/C16H26N4O/c1-19-10-12-20(13-11-19)9-5-8-18-16(21)15(17)14-6-3-2-4-7-14/h2-4,6-7,15H,5,8-13,17H2,1H3,(H,18,21)/t15-/m0/s1. The van der Waals surface area contributed by atoms with Crippen molar-refractivity contribution in [3.8, 4) is 0 Å². The summed E-state index contributed by atoms with van der Waals surface area (Å²) in [6, 6.07) is 8.91. The lowest BCUT2D eigenvalue weighted by Crippen LogP contribution is -2.45. The minimum absolute atomic E-state index is 0.0976. The number of carbonyl (C=O) groups excluding carboxylic acids is 1. The third kappa shape index (κ3) is 5.12. The maximum atomic E-state index is 12.0. The van der Waals surface area contributed by atoms with Gasteiger partial charge in [0.2, 0.25) is 5.91 Å².